The summed E-state index contributed by atoms with van der Waals surface area (Å²) in [6.45, 7) is 0.102. The van der Waals surface area contributed by atoms with Crippen molar-refractivity contribution in [2.45, 2.75) is 6.61 Å². The van der Waals surface area contributed by atoms with E-state index in [1.165, 1.54) is 18.2 Å². The zero-order valence-electron chi connectivity index (χ0n) is 15.8. The van der Waals surface area contributed by atoms with Gasteiger partial charge in [-0.3, -0.25) is 14.9 Å². The lowest BCUT2D eigenvalue weighted by atomic mass is 10.1. The van der Waals surface area contributed by atoms with E-state index >= 15 is 0 Å². The maximum atomic E-state index is 12.4. The number of benzene rings is 3. The van der Waals surface area contributed by atoms with Crippen molar-refractivity contribution in [2.75, 3.05) is 5.32 Å². The molecule has 1 amide bonds. The maximum absolute atomic E-state index is 12.4. The number of nitro benzene ring substituents is 1. The standard InChI is InChI=1S/C23H17N3O4/c24-15-19(23(27)25-20-9-2-1-3-10-20)14-18-8-4-5-12-22(18)30-16-17-7-6-11-21(13-17)26(28)29/h1-14H,16H2,(H,25,27)/b19-14+. The van der Waals surface area contributed by atoms with Gasteiger partial charge in [-0.15, -0.1) is 0 Å². The second kappa shape index (κ2) is 9.66. The van der Waals surface area contributed by atoms with E-state index in [0.717, 1.165) is 0 Å². The molecule has 0 spiro atoms. The van der Waals surface area contributed by atoms with Gasteiger partial charge in [-0.2, -0.15) is 5.26 Å². The van der Waals surface area contributed by atoms with Crippen LogP contribution in [-0.2, 0) is 11.4 Å². The van der Waals surface area contributed by atoms with Gasteiger partial charge in [0.05, 0.1) is 4.92 Å². The highest BCUT2D eigenvalue weighted by Crippen LogP contribution is 2.23. The minimum atomic E-state index is -0.530. The van der Waals surface area contributed by atoms with Gasteiger partial charge in [-0.05, 0) is 29.8 Å². The molecule has 0 radical (unpaired) electrons. The Labute approximate surface area is 173 Å². The van der Waals surface area contributed by atoms with E-state index in [-0.39, 0.29) is 17.9 Å². The summed E-state index contributed by atoms with van der Waals surface area (Å²) in [6, 6.07) is 23.8. The number of ether oxygens (including phenoxy) is 1. The number of amides is 1. The van der Waals surface area contributed by atoms with Gasteiger partial charge in [0.2, 0.25) is 0 Å². The van der Waals surface area contributed by atoms with Crippen LogP contribution in [-0.4, -0.2) is 10.8 Å². The van der Waals surface area contributed by atoms with Crippen molar-refractivity contribution in [1.82, 2.24) is 0 Å². The van der Waals surface area contributed by atoms with Crippen molar-refractivity contribution in [3.8, 4) is 11.8 Å². The number of carbonyl (C=O) groups excluding carboxylic acids is 1. The molecule has 0 saturated heterocycles. The quantitative estimate of drug-likeness (QED) is 0.268. The van der Waals surface area contributed by atoms with Crippen LogP contribution in [0.1, 0.15) is 11.1 Å². The maximum Gasteiger partial charge on any atom is 0.269 e. The molecule has 148 valence electrons. The summed E-state index contributed by atoms with van der Waals surface area (Å²) in [5.74, 6) is -0.0820. The Balaban J connectivity index is 1.78. The van der Waals surface area contributed by atoms with E-state index in [4.69, 9.17) is 4.74 Å². The monoisotopic (exact) mass is 399 g/mol. The smallest absolute Gasteiger partial charge is 0.269 e. The lowest BCUT2D eigenvalue weighted by Crippen LogP contribution is -2.13. The lowest BCUT2D eigenvalue weighted by molar-refractivity contribution is -0.384. The molecule has 3 rings (SSSR count). The molecule has 0 atom stereocenters. The predicted octanol–water partition coefficient (Wildman–Crippen LogP) is 4.72. The zero-order valence-corrected chi connectivity index (χ0v) is 15.8. The summed E-state index contributed by atoms with van der Waals surface area (Å²) in [7, 11) is 0. The van der Waals surface area contributed by atoms with Crippen molar-refractivity contribution in [2.24, 2.45) is 0 Å². The minimum absolute atomic E-state index is 0.0198. The van der Waals surface area contributed by atoms with Crippen molar-refractivity contribution in [3.63, 3.8) is 0 Å². The third kappa shape index (κ3) is 5.30. The van der Waals surface area contributed by atoms with E-state index in [2.05, 4.69) is 5.32 Å². The molecule has 1 N–H and O–H groups in total. The number of nitro groups is 1. The molecule has 7 heteroatoms. The topological polar surface area (TPSA) is 105 Å². The molecule has 0 saturated carbocycles. The summed E-state index contributed by atoms with van der Waals surface area (Å²) in [4.78, 5) is 22.9. The van der Waals surface area contributed by atoms with Gasteiger partial charge in [0, 0.05) is 23.4 Å². The SMILES string of the molecule is N#C/C(=C\c1ccccc1OCc1cccc([N+](=O)[O-])c1)C(=O)Nc1ccccc1. The number of para-hydroxylation sites is 2. The third-order valence-electron chi connectivity index (χ3n) is 4.13. The van der Waals surface area contributed by atoms with Crippen molar-refractivity contribution in [3.05, 3.63) is 106 Å². The highest BCUT2D eigenvalue weighted by Gasteiger charge is 2.12. The van der Waals surface area contributed by atoms with Crippen LogP contribution < -0.4 is 10.1 Å². The molecule has 0 heterocycles. The number of nitrogens with zero attached hydrogens (tertiary/aromatic N) is 2. The Hall–Kier alpha value is -4.44. The van der Waals surface area contributed by atoms with Crippen LogP contribution in [0.25, 0.3) is 6.08 Å². The van der Waals surface area contributed by atoms with E-state index in [0.29, 0.717) is 22.6 Å². The Morgan fingerprint density at radius 2 is 1.80 bits per heavy atom. The van der Waals surface area contributed by atoms with Gasteiger partial charge >= 0.3 is 0 Å². The molecule has 0 bridgehead atoms. The first kappa shape index (κ1) is 20.3. The molecule has 0 aliphatic carbocycles. The van der Waals surface area contributed by atoms with Crippen LogP contribution in [0, 0.1) is 21.4 Å². The molecule has 0 aliphatic heterocycles. The van der Waals surface area contributed by atoms with Crippen LogP contribution in [0.3, 0.4) is 0 Å². The summed E-state index contributed by atoms with van der Waals surface area (Å²) in [5, 5.41) is 23.0. The van der Waals surface area contributed by atoms with Crippen molar-refractivity contribution >= 4 is 23.4 Å². The van der Waals surface area contributed by atoms with Crippen LogP contribution in [0.4, 0.5) is 11.4 Å². The lowest BCUT2D eigenvalue weighted by Gasteiger charge is -2.10. The summed E-state index contributed by atoms with van der Waals surface area (Å²) >= 11 is 0. The Bertz CT molecular complexity index is 1130. The Morgan fingerprint density at radius 3 is 2.53 bits per heavy atom. The molecular formula is C23H17N3O4. The van der Waals surface area contributed by atoms with Crippen LogP contribution in [0.2, 0.25) is 0 Å². The number of nitrogens with one attached hydrogen (secondary N) is 1. The zero-order chi connectivity index (χ0) is 21.3. The molecular weight excluding hydrogens is 382 g/mol. The number of rotatable bonds is 7. The van der Waals surface area contributed by atoms with Crippen LogP contribution in [0.15, 0.2) is 84.4 Å². The van der Waals surface area contributed by atoms with Crippen molar-refractivity contribution in [1.29, 1.82) is 5.26 Å². The molecule has 3 aromatic rings. The van der Waals surface area contributed by atoms with Gasteiger partial charge in [-0.1, -0.05) is 48.5 Å². The number of non-ortho nitro benzene ring substituents is 1. The number of hydrogen-bond donors (Lipinski definition) is 1. The van der Waals surface area contributed by atoms with E-state index in [9.17, 15) is 20.2 Å². The van der Waals surface area contributed by atoms with Crippen molar-refractivity contribution < 1.29 is 14.5 Å². The van der Waals surface area contributed by atoms with Gasteiger partial charge < -0.3 is 10.1 Å². The number of nitriles is 1. The largest absolute Gasteiger partial charge is 0.488 e. The minimum Gasteiger partial charge on any atom is -0.488 e. The first-order valence-corrected chi connectivity index (χ1v) is 9.00. The first-order valence-electron chi connectivity index (χ1n) is 9.00. The van der Waals surface area contributed by atoms with E-state index < -0.39 is 10.8 Å². The second-order valence-electron chi connectivity index (χ2n) is 6.24. The predicted molar refractivity (Wildman–Crippen MR) is 113 cm³/mol. The summed E-state index contributed by atoms with van der Waals surface area (Å²) in [6.07, 6.45) is 1.45. The summed E-state index contributed by atoms with van der Waals surface area (Å²) < 4.78 is 5.79. The molecule has 0 aromatic heterocycles. The van der Waals surface area contributed by atoms with Gasteiger partial charge in [0.15, 0.2) is 0 Å². The van der Waals surface area contributed by atoms with Gasteiger partial charge in [0.25, 0.3) is 11.6 Å². The molecule has 0 unspecified atom stereocenters. The molecule has 0 fully saturated rings. The number of hydrogen-bond acceptors (Lipinski definition) is 5. The highest BCUT2D eigenvalue weighted by molar-refractivity contribution is 6.09. The highest BCUT2D eigenvalue weighted by atomic mass is 16.6. The molecule has 30 heavy (non-hydrogen) atoms. The average molecular weight is 399 g/mol. The first-order chi connectivity index (χ1) is 14.6. The fourth-order valence-electron chi connectivity index (χ4n) is 2.68. The summed E-state index contributed by atoms with van der Waals surface area (Å²) in [5.41, 5.74) is 1.66. The number of carbonyl (C=O) groups is 1. The van der Waals surface area contributed by atoms with Gasteiger partial charge in [0.1, 0.15) is 24.0 Å². The molecule has 7 nitrogen and oxygen atoms in total. The Kier molecular flexibility index (Phi) is 6.54. The Morgan fingerprint density at radius 1 is 1.07 bits per heavy atom. The fraction of sp³-hybridized carbons (Fsp3) is 0.0435. The van der Waals surface area contributed by atoms with Crippen LogP contribution in [0.5, 0.6) is 5.75 Å². The van der Waals surface area contributed by atoms with Gasteiger partial charge in [-0.25, -0.2) is 0 Å². The second-order valence-corrected chi connectivity index (χ2v) is 6.24. The van der Waals surface area contributed by atoms with E-state index in [1.807, 2.05) is 12.1 Å². The third-order valence-corrected chi connectivity index (χ3v) is 4.13. The van der Waals surface area contributed by atoms with Crippen LogP contribution >= 0.6 is 0 Å². The average Bonchev–Trinajstić information content (AvgIpc) is 2.77. The fourth-order valence-corrected chi connectivity index (χ4v) is 2.68. The molecule has 3 aromatic carbocycles. The van der Waals surface area contributed by atoms with E-state index in [1.54, 1.807) is 60.7 Å². The number of anilines is 1. The normalized spacial score (nSPS) is 10.7. The molecule has 0 aliphatic rings.